The molecule has 0 saturated carbocycles. The molecule has 0 aromatic heterocycles. The second-order valence-electron chi connectivity index (χ2n) is 5.73. The summed E-state index contributed by atoms with van der Waals surface area (Å²) >= 11 is 0. The van der Waals surface area contributed by atoms with Crippen molar-refractivity contribution in [1.82, 2.24) is 20.1 Å². The van der Waals surface area contributed by atoms with Crippen molar-refractivity contribution >= 4 is 11.9 Å². The molecule has 3 rings (SSSR count). The molecule has 0 aliphatic carbocycles. The SMILES string of the molecule is COC(=O)c1cn(CCC(=O)NCc2ccccc2)cc2c(=O)[nH]nc1-2. The highest BCUT2D eigenvalue weighted by atomic mass is 16.5. The van der Waals surface area contributed by atoms with Crippen molar-refractivity contribution in [2.45, 2.75) is 19.5 Å². The number of ether oxygens (including phenoxy) is 1. The zero-order chi connectivity index (χ0) is 18.5. The summed E-state index contributed by atoms with van der Waals surface area (Å²) in [4.78, 5) is 35.8. The van der Waals surface area contributed by atoms with Crippen LogP contribution in [0.25, 0.3) is 11.3 Å². The minimum absolute atomic E-state index is 0.129. The number of benzene rings is 1. The number of rotatable bonds is 6. The lowest BCUT2D eigenvalue weighted by Crippen LogP contribution is -2.24. The summed E-state index contributed by atoms with van der Waals surface area (Å²) in [5, 5.41) is 9.01. The molecule has 26 heavy (non-hydrogen) atoms. The number of carbonyl (C=O) groups excluding carboxylic acids is 2. The van der Waals surface area contributed by atoms with Crippen LogP contribution in [0.1, 0.15) is 22.3 Å². The summed E-state index contributed by atoms with van der Waals surface area (Å²) in [7, 11) is 1.26. The summed E-state index contributed by atoms with van der Waals surface area (Å²) in [6, 6.07) is 9.59. The van der Waals surface area contributed by atoms with Crippen LogP contribution < -0.4 is 10.9 Å². The molecule has 1 amide bonds. The van der Waals surface area contributed by atoms with E-state index in [1.807, 2.05) is 30.3 Å². The van der Waals surface area contributed by atoms with E-state index in [1.165, 1.54) is 13.3 Å². The van der Waals surface area contributed by atoms with E-state index in [2.05, 4.69) is 15.5 Å². The van der Waals surface area contributed by atoms with Crippen molar-refractivity contribution in [2.24, 2.45) is 0 Å². The fourth-order valence-electron chi connectivity index (χ4n) is 2.59. The number of carbonyl (C=O) groups is 2. The van der Waals surface area contributed by atoms with Crippen molar-refractivity contribution in [1.29, 1.82) is 0 Å². The monoisotopic (exact) mass is 354 g/mol. The minimum Gasteiger partial charge on any atom is -0.465 e. The van der Waals surface area contributed by atoms with Gasteiger partial charge in [0.1, 0.15) is 11.3 Å². The molecule has 2 N–H and O–H groups in total. The number of hydrogen-bond acceptors (Lipinski definition) is 5. The third-order valence-corrected chi connectivity index (χ3v) is 3.95. The Bertz CT molecular complexity index is 945. The standard InChI is InChI=1S/C18H18N4O4/c1-26-18(25)14-11-22(10-13-16(14)20-21-17(13)24)8-7-15(23)19-9-12-5-3-2-4-6-12/h2-6,10-11H,7-9H2,1H3,(H,19,23)(H,21,24). The first-order valence-electron chi connectivity index (χ1n) is 8.05. The van der Waals surface area contributed by atoms with Crippen LogP contribution in [0.4, 0.5) is 0 Å². The number of pyridine rings is 1. The lowest BCUT2D eigenvalue weighted by molar-refractivity contribution is -0.121. The van der Waals surface area contributed by atoms with Crippen LogP contribution >= 0.6 is 0 Å². The number of aryl methyl sites for hydroxylation is 1. The first kappa shape index (κ1) is 17.4. The zero-order valence-corrected chi connectivity index (χ0v) is 14.2. The van der Waals surface area contributed by atoms with Crippen LogP contribution in [0.15, 0.2) is 47.5 Å². The predicted octanol–water partition coefficient (Wildman–Crippen LogP) is 1.17. The number of methoxy groups -OCH3 is 1. The topological polar surface area (TPSA) is 106 Å². The van der Waals surface area contributed by atoms with Crippen molar-refractivity contribution in [2.75, 3.05) is 7.11 Å². The maximum atomic E-state index is 12.0. The summed E-state index contributed by atoms with van der Waals surface area (Å²) in [6.07, 6.45) is 3.30. The first-order chi connectivity index (χ1) is 12.6. The number of fused-ring (bicyclic) bond motifs is 1. The molecule has 2 heterocycles. The van der Waals surface area contributed by atoms with E-state index in [-0.39, 0.29) is 29.1 Å². The summed E-state index contributed by atoms with van der Waals surface area (Å²) in [6.45, 7) is 0.758. The quantitative estimate of drug-likeness (QED) is 0.646. The third kappa shape index (κ3) is 3.80. The van der Waals surface area contributed by atoms with Gasteiger partial charge in [-0.3, -0.25) is 9.59 Å². The predicted molar refractivity (Wildman–Crippen MR) is 93.7 cm³/mol. The molecule has 1 aromatic carbocycles. The van der Waals surface area contributed by atoms with Gasteiger partial charge in [0.25, 0.3) is 5.56 Å². The molecule has 0 saturated heterocycles. The van der Waals surface area contributed by atoms with Gasteiger partial charge >= 0.3 is 5.97 Å². The van der Waals surface area contributed by atoms with Gasteiger partial charge in [0, 0.05) is 31.9 Å². The molecule has 8 nitrogen and oxygen atoms in total. The fraction of sp³-hybridized carbons (Fsp3) is 0.222. The van der Waals surface area contributed by atoms with E-state index in [4.69, 9.17) is 4.74 Å². The average Bonchev–Trinajstić information content (AvgIpc) is 3.05. The number of aromatic nitrogens is 3. The Labute approximate surface area is 149 Å². The zero-order valence-electron chi connectivity index (χ0n) is 14.2. The van der Waals surface area contributed by atoms with Crippen LogP contribution in [0.2, 0.25) is 0 Å². The third-order valence-electron chi connectivity index (χ3n) is 3.95. The van der Waals surface area contributed by atoms with Gasteiger partial charge in [-0.2, -0.15) is 5.10 Å². The number of amides is 1. The Hall–Kier alpha value is -3.42. The number of H-pyrrole nitrogens is 1. The van der Waals surface area contributed by atoms with E-state index in [0.717, 1.165) is 5.56 Å². The van der Waals surface area contributed by atoms with Gasteiger partial charge in [-0.15, -0.1) is 0 Å². The van der Waals surface area contributed by atoms with Crippen LogP contribution in [-0.2, 0) is 22.6 Å². The molecule has 0 unspecified atom stereocenters. The Kier molecular flexibility index (Phi) is 5.12. The van der Waals surface area contributed by atoms with Crippen molar-refractivity contribution < 1.29 is 14.3 Å². The highest BCUT2D eigenvalue weighted by molar-refractivity contribution is 5.95. The molecule has 1 aromatic rings. The van der Waals surface area contributed by atoms with Crippen LogP contribution in [-0.4, -0.2) is 33.8 Å². The number of hydrogen-bond donors (Lipinski definition) is 2. The van der Waals surface area contributed by atoms with Crippen LogP contribution in [0.3, 0.4) is 0 Å². The number of aromatic amines is 1. The molecule has 0 fully saturated rings. The fourth-order valence-corrected chi connectivity index (χ4v) is 2.59. The first-order valence-corrected chi connectivity index (χ1v) is 8.05. The van der Waals surface area contributed by atoms with Crippen molar-refractivity contribution in [3.05, 3.63) is 64.2 Å². The van der Waals surface area contributed by atoms with Gasteiger partial charge in [-0.1, -0.05) is 30.3 Å². The molecule has 2 aliphatic rings. The van der Waals surface area contributed by atoms with Gasteiger partial charge in [0.15, 0.2) is 0 Å². The Morgan fingerprint density at radius 1 is 1.23 bits per heavy atom. The summed E-state index contributed by atoms with van der Waals surface area (Å²) in [5.41, 5.74) is 1.32. The maximum absolute atomic E-state index is 12.0. The van der Waals surface area contributed by atoms with Gasteiger partial charge in [-0.05, 0) is 5.56 Å². The van der Waals surface area contributed by atoms with Crippen molar-refractivity contribution in [3.8, 4) is 11.3 Å². The Morgan fingerprint density at radius 3 is 2.73 bits per heavy atom. The summed E-state index contributed by atoms with van der Waals surface area (Å²) < 4.78 is 6.35. The van der Waals surface area contributed by atoms with E-state index in [9.17, 15) is 14.4 Å². The van der Waals surface area contributed by atoms with Crippen molar-refractivity contribution in [3.63, 3.8) is 0 Å². The number of esters is 1. The highest BCUT2D eigenvalue weighted by Crippen LogP contribution is 2.20. The molecule has 0 bridgehead atoms. The van der Waals surface area contributed by atoms with Gasteiger partial charge < -0.3 is 14.6 Å². The van der Waals surface area contributed by atoms with Crippen LogP contribution in [0, 0.1) is 0 Å². The molecule has 134 valence electrons. The normalized spacial score (nSPS) is 10.7. The second kappa shape index (κ2) is 7.64. The molecular weight excluding hydrogens is 336 g/mol. The van der Waals surface area contributed by atoms with Gasteiger partial charge in [0.05, 0.1) is 12.7 Å². The summed E-state index contributed by atoms with van der Waals surface area (Å²) in [5.74, 6) is -0.722. The van der Waals surface area contributed by atoms with Gasteiger partial charge in [-0.25, -0.2) is 9.89 Å². The average molecular weight is 354 g/mol. The molecule has 2 aliphatic heterocycles. The number of nitrogens with zero attached hydrogens (tertiary/aromatic N) is 2. The molecule has 8 heteroatoms. The lowest BCUT2D eigenvalue weighted by Gasteiger charge is -2.12. The Balaban J connectivity index is 1.69. The Morgan fingerprint density at radius 2 is 2.00 bits per heavy atom. The minimum atomic E-state index is -0.593. The maximum Gasteiger partial charge on any atom is 0.341 e. The second-order valence-corrected chi connectivity index (χ2v) is 5.73. The molecule has 0 radical (unpaired) electrons. The van der Waals surface area contributed by atoms with E-state index in [1.54, 1.807) is 10.8 Å². The highest BCUT2D eigenvalue weighted by Gasteiger charge is 2.21. The lowest BCUT2D eigenvalue weighted by atomic mass is 10.1. The number of nitrogens with one attached hydrogen (secondary N) is 2. The largest absolute Gasteiger partial charge is 0.465 e. The van der Waals surface area contributed by atoms with E-state index < -0.39 is 11.5 Å². The molecular formula is C18H18N4O4. The molecule has 0 atom stereocenters. The van der Waals surface area contributed by atoms with Crippen LogP contribution in [0.5, 0.6) is 0 Å². The van der Waals surface area contributed by atoms with E-state index in [0.29, 0.717) is 13.1 Å². The van der Waals surface area contributed by atoms with Gasteiger partial charge in [0.2, 0.25) is 5.91 Å². The van der Waals surface area contributed by atoms with E-state index >= 15 is 0 Å². The molecule has 0 spiro atoms. The smallest absolute Gasteiger partial charge is 0.341 e.